The molecule has 1 aromatic rings. The second kappa shape index (κ2) is 5.88. The number of rotatable bonds is 5. The topological polar surface area (TPSA) is 30.5 Å². The van der Waals surface area contributed by atoms with Crippen LogP contribution in [0, 0.1) is 16.7 Å². The molecule has 138 valence electrons. The highest BCUT2D eigenvalue weighted by Gasteiger charge is 2.59. The average Bonchev–Trinajstić information content (AvgIpc) is 2.48. The Morgan fingerprint density at radius 1 is 1.04 bits per heavy atom. The van der Waals surface area contributed by atoms with Crippen LogP contribution >= 0.6 is 15.9 Å². The van der Waals surface area contributed by atoms with Gasteiger partial charge in [-0.2, -0.15) is 0 Å². The van der Waals surface area contributed by atoms with Gasteiger partial charge in [-0.15, -0.1) is 0 Å². The zero-order valence-electron chi connectivity index (χ0n) is 15.9. The Hall–Kier alpha value is -0.740. The van der Waals surface area contributed by atoms with Crippen molar-refractivity contribution in [1.29, 1.82) is 0 Å². The highest BCUT2D eigenvalue weighted by molar-refractivity contribution is 9.10. The lowest BCUT2D eigenvalue weighted by atomic mass is 9.43. The lowest BCUT2D eigenvalue weighted by molar-refractivity contribution is -0.118. The van der Waals surface area contributed by atoms with E-state index in [1.165, 1.54) is 44.1 Å². The van der Waals surface area contributed by atoms with Gasteiger partial charge in [0.25, 0.3) is 0 Å². The van der Waals surface area contributed by atoms with Gasteiger partial charge in [0, 0.05) is 22.1 Å². The van der Waals surface area contributed by atoms with Gasteiger partial charge in [0.05, 0.1) is 14.2 Å². The SMILES string of the molecule is COc1cc(Br)cc(CNC23CC4CC(C)(CC(C)(C4)C2)C3)c1OC. The standard InChI is InChI=1S/C21H30BrNO2/c1-19-7-14-8-20(2,11-19)13-21(9-14,12-19)23-10-15-5-16(22)6-17(24-3)18(15)25-4/h5-6,14,23H,7-13H2,1-4H3. The Labute approximate surface area is 160 Å². The monoisotopic (exact) mass is 407 g/mol. The van der Waals surface area contributed by atoms with Crippen molar-refractivity contribution < 1.29 is 9.47 Å². The number of nitrogens with one attached hydrogen (secondary N) is 1. The van der Waals surface area contributed by atoms with Crippen molar-refractivity contribution in [2.75, 3.05) is 14.2 Å². The van der Waals surface area contributed by atoms with Crippen molar-refractivity contribution in [3.8, 4) is 11.5 Å². The lowest BCUT2D eigenvalue weighted by Crippen LogP contribution is -2.63. The minimum Gasteiger partial charge on any atom is -0.493 e. The third kappa shape index (κ3) is 3.10. The van der Waals surface area contributed by atoms with Gasteiger partial charge in [0.1, 0.15) is 0 Å². The van der Waals surface area contributed by atoms with Crippen molar-refractivity contribution in [2.45, 2.75) is 64.5 Å². The first-order valence-corrected chi connectivity index (χ1v) is 10.2. The minimum atomic E-state index is 0.295. The summed E-state index contributed by atoms with van der Waals surface area (Å²) < 4.78 is 12.2. The molecule has 2 unspecified atom stereocenters. The molecule has 3 nitrogen and oxygen atoms in total. The molecule has 4 heteroatoms. The van der Waals surface area contributed by atoms with Gasteiger partial charge in [-0.1, -0.05) is 29.8 Å². The van der Waals surface area contributed by atoms with Crippen molar-refractivity contribution in [1.82, 2.24) is 5.32 Å². The van der Waals surface area contributed by atoms with E-state index in [-0.39, 0.29) is 0 Å². The fraction of sp³-hybridized carbons (Fsp3) is 0.714. The van der Waals surface area contributed by atoms with E-state index in [9.17, 15) is 0 Å². The zero-order chi connectivity index (χ0) is 17.9. The molecule has 25 heavy (non-hydrogen) atoms. The lowest BCUT2D eigenvalue weighted by Gasteiger charge is -2.65. The molecule has 0 amide bonds. The number of hydrogen-bond donors (Lipinski definition) is 1. The molecule has 0 aliphatic heterocycles. The predicted octanol–water partition coefficient (Wildman–Crippen LogP) is 5.30. The fourth-order valence-corrected chi connectivity index (χ4v) is 7.55. The molecule has 1 aromatic carbocycles. The van der Waals surface area contributed by atoms with Gasteiger partial charge in [-0.05, 0) is 67.4 Å². The number of hydrogen-bond acceptors (Lipinski definition) is 3. The predicted molar refractivity (Wildman–Crippen MR) is 104 cm³/mol. The Kier molecular flexibility index (Phi) is 4.16. The third-order valence-corrected chi connectivity index (χ3v) is 7.26. The normalized spacial score (nSPS) is 38.8. The summed E-state index contributed by atoms with van der Waals surface area (Å²) in [4.78, 5) is 0. The van der Waals surface area contributed by atoms with E-state index >= 15 is 0 Å². The summed E-state index contributed by atoms with van der Waals surface area (Å²) in [6, 6.07) is 4.12. The number of benzene rings is 1. The van der Waals surface area contributed by atoms with Crippen LogP contribution in [-0.2, 0) is 6.54 Å². The Morgan fingerprint density at radius 3 is 2.28 bits per heavy atom. The molecular formula is C21H30BrNO2. The zero-order valence-corrected chi connectivity index (χ0v) is 17.5. The van der Waals surface area contributed by atoms with Crippen LogP contribution in [0.1, 0.15) is 57.9 Å². The van der Waals surface area contributed by atoms with Crippen molar-refractivity contribution >= 4 is 15.9 Å². The maximum atomic E-state index is 5.65. The van der Waals surface area contributed by atoms with Gasteiger partial charge in [0.2, 0.25) is 0 Å². The first-order chi connectivity index (χ1) is 11.8. The van der Waals surface area contributed by atoms with Crippen LogP contribution in [0.15, 0.2) is 16.6 Å². The van der Waals surface area contributed by atoms with Gasteiger partial charge in [-0.3, -0.25) is 0 Å². The molecule has 5 rings (SSSR count). The molecule has 4 saturated carbocycles. The van der Waals surface area contributed by atoms with Crippen LogP contribution in [0.25, 0.3) is 0 Å². The van der Waals surface area contributed by atoms with Crippen molar-refractivity contribution in [3.05, 3.63) is 22.2 Å². The van der Waals surface area contributed by atoms with E-state index in [2.05, 4.69) is 41.2 Å². The molecule has 4 fully saturated rings. The summed E-state index contributed by atoms with van der Waals surface area (Å²) in [6.45, 7) is 5.88. The van der Waals surface area contributed by atoms with E-state index in [1.54, 1.807) is 14.2 Å². The fourth-order valence-electron chi connectivity index (χ4n) is 7.06. The van der Waals surface area contributed by atoms with Crippen molar-refractivity contribution in [2.24, 2.45) is 16.7 Å². The molecule has 2 atom stereocenters. The highest BCUT2D eigenvalue weighted by Crippen LogP contribution is 2.66. The summed E-state index contributed by atoms with van der Waals surface area (Å²) in [7, 11) is 3.42. The maximum absolute atomic E-state index is 5.65. The number of methoxy groups -OCH3 is 2. The molecule has 0 aromatic heterocycles. The van der Waals surface area contributed by atoms with Gasteiger partial charge >= 0.3 is 0 Å². The highest BCUT2D eigenvalue weighted by atomic mass is 79.9. The quantitative estimate of drug-likeness (QED) is 0.717. The summed E-state index contributed by atoms with van der Waals surface area (Å²) in [5, 5.41) is 3.99. The second-order valence-corrected chi connectivity index (χ2v) is 10.5. The molecule has 0 saturated heterocycles. The third-order valence-electron chi connectivity index (χ3n) is 6.80. The first-order valence-electron chi connectivity index (χ1n) is 9.43. The maximum Gasteiger partial charge on any atom is 0.165 e. The van der Waals surface area contributed by atoms with Crippen LogP contribution < -0.4 is 14.8 Å². The van der Waals surface area contributed by atoms with Crippen LogP contribution in [0.4, 0.5) is 0 Å². The van der Waals surface area contributed by atoms with Gasteiger partial charge < -0.3 is 14.8 Å². The Bertz CT molecular complexity index is 671. The molecule has 4 aliphatic rings. The van der Waals surface area contributed by atoms with Crippen LogP contribution in [0.3, 0.4) is 0 Å². The van der Waals surface area contributed by atoms with Gasteiger partial charge in [-0.25, -0.2) is 0 Å². The van der Waals surface area contributed by atoms with Crippen LogP contribution in [0.2, 0.25) is 0 Å². The summed E-state index contributed by atoms with van der Waals surface area (Å²) in [6.07, 6.45) is 8.25. The molecule has 0 spiro atoms. The van der Waals surface area contributed by atoms with E-state index in [4.69, 9.17) is 9.47 Å². The largest absolute Gasteiger partial charge is 0.493 e. The summed E-state index contributed by atoms with van der Waals surface area (Å²) in [5.41, 5.74) is 2.52. The van der Waals surface area contributed by atoms with E-state index < -0.39 is 0 Å². The number of halogens is 1. The van der Waals surface area contributed by atoms with Gasteiger partial charge in [0.15, 0.2) is 11.5 Å². The molecule has 4 aliphatic carbocycles. The first kappa shape index (κ1) is 17.7. The molecule has 1 N–H and O–H groups in total. The van der Waals surface area contributed by atoms with Crippen LogP contribution in [-0.4, -0.2) is 19.8 Å². The molecular weight excluding hydrogens is 378 g/mol. The molecule has 4 bridgehead atoms. The minimum absolute atomic E-state index is 0.295. The number of ether oxygens (including phenoxy) is 2. The molecule has 0 radical (unpaired) electrons. The van der Waals surface area contributed by atoms with Crippen LogP contribution in [0.5, 0.6) is 11.5 Å². The van der Waals surface area contributed by atoms with Crippen molar-refractivity contribution in [3.63, 3.8) is 0 Å². The summed E-state index contributed by atoms with van der Waals surface area (Å²) in [5.74, 6) is 2.54. The summed E-state index contributed by atoms with van der Waals surface area (Å²) >= 11 is 3.60. The van der Waals surface area contributed by atoms with E-state index in [0.29, 0.717) is 16.4 Å². The smallest absolute Gasteiger partial charge is 0.165 e. The Morgan fingerprint density at radius 2 is 1.72 bits per heavy atom. The second-order valence-electron chi connectivity index (χ2n) is 9.56. The van der Waals surface area contributed by atoms with E-state index in [1.807, 2.05) is 6.07 Å². The molecule has 0 heterocycles. The van der Waals surface area contributed by atoms with E-state index in [0.717, 1.165) is 28.4 Å². The average molecular weight is 408 g/mol. The Balaban J connectivity index is 1.59.